The molecule has 1 fully saturated rings. The first-order valence-corrected chi connectivity index (χ1v) is 5.97. The second-order valence-electron chi connectivity index (χ2n) is 4.47. The molecule has 2 N–H and O–H groups in total. The van der Waals surface area contributed by atoms with Gasteiger partial charge >= 0.3 is 0 Å². The molecule has 1 amide bonds. The Bertz CT molecular complexity index is 501. The fourth-order valence-electron chi connectivity index (χ4n) is 1.75. The van der Waals surface area contributed by atoms with Crippen molar-refractivity contribution in [2.45, 2.75) is 13.8 Å². The minimum Gasteiger partial charge on any atom is -0.497 e. The number of nitrogens with one attached hydrogen (secondary N) is 2. The van der Waals surface area contributed by atoms with Crippen LogP contribution in [0, 0.1) is 6.92 Å². The second kappa shape index (κ2) is 5.23. The summed E-state index contributed by atoms with van der Waals surface area (Å²) in [5.41, 5.74) is 3.80. The van der Waals surface area contributed by atoms with E-state index in [4.69, 9.17) is 4.74 Å². The van der Waals surface area contributed by atoms with Crippen LogP contribution in [0.1, 0.15) is 12.5 Å². The Balaban J connectivity index is 2.16. The molecule has 0 atom stereocenters. The molecular weight excluding hydrogens is 228 g/mol. The van der Waals surface area contributed by atoms with Crippen LogP contribution in [-0.4, -0.2) is 26.1 Å². The summed E-state index contributed by atoms with van der Waals surface area (Å²) in [6.45, 7) is 5.45. The van der Waals surface area contributed by atoms with Crippen LogP contribution in [0.25, 0.3) is 0 Å². The summed E-state index contributed by atoms with van der Waals surface area (Å²) >= 11 is 0. The van der Waals surface area contributed by atoms with Gasteiger partial charge in [0.1, 0.15) is 5.75 Å². The number of amides is 1. The summed E-state index contributed by atoms with van der Waals surface area (Å²) in [6, 6.07) is 5.65. The van der Waals surface area contributed by atoms with E-state index >= 15 is 0 Å². The van der Waals surface area contributed by atoms with E-state index in [0.717, 1.165) is 35.7 Å². The molecule has 1 aliphatic rings. The lowest BCUT2D eigenvalue weighted by Gasteiger charge is -2.21. The van der Waals surface area contributed by atoms with Crippen LogP contribution >= 0.6 is 0 Å². The molecule has 1 aromatic rings. The van der Waals surface area contributed by atoms with Gasteiger partial charge in [-0.15, -0.1) is 0 Å². The van der Waals surface area contributed by atoms with Crippen molar-refractivity contribution in [3.8, 4) is 5.75 Å². The molecule has 0 radical (unpaired) electrons. The van der Waals surface area contributed by atoms with Crippen LogP contribution in [0.4, 0.5) is 5.69 Å². The number of rotatable bonds is 3. The highest BCUT2D eigenvalue weighted by Crippen LogP contribution is 2.22. The summed E-state index contributed by atoms with van der Waals surface area (Å²) < 4.78 is 5.16. The third-order valence-corrected chi connectivity index (χ3v) is 3.24. The normalized spacial score (nSPS) is 13.8. The Morgan fingerprint density at radius 1 is 1.39 bits per heavy atom. The van der Waals surface area contributed by atoms with Gasteiger partial charge in [0.05, 0.1) is 7.11 Å². The van der Waals surface area contributed by atoms with Crippen LogP contribution < -0.4 is 15.4 Å². The molecule has 1 heterocycles. The largest absolute Gasteiger partial charge is 0.497 e. The average molecular weight is 246 g/mol. The smallest absolute Gasteiger partial charge is 0.251 e. The zero-order valence-corrected chi connectivity index (χ0v) is 11.0. The van der Waals surface area contributed by atoms with Gasteiger partial charge in [0.25, 0.3) is 5.91 Å². The van der Waals surface area contributed by atoms with Crippen molar-refractivity contribution in [1.29, 1.82) is 0 Å². The van der Waals surface area contributed by atoms with E-state index in [1.807, 2.05) is 32.0 Å². The Labute approximate surface area is 107 Å². The molecule has 1 saturated heterocycles. The van der Waals surface area contributed by atoms with Crippen molar-refractivity contribution < 1.29 is 9.53 Å². The Morgan fingerprint density at radius 2 is 2.11 bits per heavy atom. The van der Waals surface area contributed by atoms with Crippen LogP contribution in [-0.2, 0) is 4.79 Å². The van der Waals surface area contributed by atoms with Gasteiger partial charge in [0.15, 0.2) is 0 Å². The topological polar surface area (TPSA) is 50.4 Å². The van der Waals surface area contributed by atoms with Gasteiger partial charge in [-0.2, -0.15) is 0 Å². The molecule has 96 valence electrons. The highest BCUT2D eigenvalue weighted by Gasteiger charge is 2.16. The van der Waals surface area contributed by atoms with E-state index in [0.29, 0.717) is 0 Å². The first-order valence-electron chi connectivity index (χ1n) is 5.97. The standard InChI is InChI=1S/C14H18N2O2/c1-9-4-5-12(18-3)6-13(9)16-14(17)10(2)11-7-15-8-11/h4-6,15H,7-8H2,1-3H3,(H,16,17). The number of anilines is 1. The predicted molar refractivity (Wildman–Crippen MR) is 71.9 cm³/mol. The molecule has 0 aromatic heterocycles. The lowest BCUT2D eigenvalue weighted by Crippen LogP contribution is -2.36. The SMILES string of the molecule is COc1ccc(C)c(NC(=O)C(C)=C2CNC2)c1. The summed E-state index contributed by atoms with van der Waals surface area (Å²) in [5, 5.41) is 6.06. The molecule has 0 spiro atoms. The molecule has 0 aliphatic carbocycles. The predicted octanol–water partition coefficient (Wildman–Crippen LogP) is 1.86. The Kier molecular flexibility index (Phi) is 3.67. The molecule has 18 heavy (non-hydrogen) atoms. The van der Waals surface area contributed by atoms with Crippen molar-refractivity contribution in [2.24, 2.45) is 0 Å². The molecule has 4 nitrogen and oxygen atoms in total. The van der Waals surface area contributed by atoms with Crippen LogP contribution in [0.5, 0.6) is 5.75 Å². The van der Waals surface area contributed by atoms with E-state index in [1.54, 1.807) is 7.11 Å². The van der Waals surface area contributed by atoms with Gasteiger partial charge in [0, 0.05) is 30.4 Å². The second-order valence-corrected chi connectivity index (χ2v) is 4.47. The maximum Gasteiger partial charge on any atom is 0.251 e. The Morgan fingerprint density at radius 3 is 2.67 bits per heavy atom. The van der Waals surface area contributed by atoms with Crippen molar-refractivity contribution in [3.05, 3.63) is 34.9 Å². The van der Waals surface area contributed by atoms with Gasteiger partial charge in [-0.1, -0.05) is 6.07 Å². The van der Waals surface area contributed by atoms with Crippen molar-refractivity contribution >= 4 is 11.6 Å². The number of methoxy groups -OCH3 is 1. The van der Waals surface area contributed by atoms with E-state index in [-0.39, 0.29) is 5.91 Å². The summed E-state index contributed by atoms with van der Waals surface area (Å²) in [5.74, 6) is 0.703. The number of hydrogen-bond acceptors (Lipinski definition) is 3. The van der Waals surface area contributed by atoms with E-state index in [2.05, 4.69) is 10.6 Å². The molecule has 0 unspecified atom stereocenters. The zero-order valence-electron chi connectivity index (χ0n) is 11.0. The molecule has 4 heteroatoms. The van der Waals surface area contributed by atoms with E-state index in [9.17, 15) is 4.79 Å². The monoisotopic (exact) mass is 246 g/mol. The molecule has 1 aromatic carbocycles. The van der Waals surface area contributed by atoms with Gasteiger partial charge in [-0.25, -0.2) is 0 Å². The number of hydrogen-bond donors (Lipinski definition) is 2. The van der Waals surface area contributed by atoms with Gasteiger partial charge < -0.3 is 15.4 Å². The maximum absolute atomic E-state index is 12.1. The molecular formula is C14H18N2O2. The highest BCUT2D eigenvalue weighted by atomic mass is 16.5. The maximum atomic E-state index is 12.1. The minimum absolute atomic E-state index is 0.0390. The fraction of sp³-hybridized carbons (Fsp3) is 0.357. The summed E-state index contributed by atoms with van der Waals surface area (Å²) in [7, 11) is 1.61. The lowest BCUT2D eigenvalue weighted by atomic mass is 10.0. The van der Waals surface area contributed by atoms with Crippen LogP contribution in [0.15, 0.2) is 29.3 Å². The third kappa shape index (κ3) is 2.54. The fourth-order valence-corrected chi connectivity index (χ4v) is 1.75. The van der Waals surface area contributed by atoms with Crippen LogP contribution in [0.2, 0.25) is 0 Å². The van der Waals surface area contributed by atoms with E-state index in [1.165, 1.54) is 5.57 Å². The van der Waals surface area contributed by atoms with Gasteiger partial charge in [-0.05, 0) is 31.1 Å². The number of ether oxygens (including phenoxy) is 1. The highest BCUT2D eigenvalue weighted by molar-refractivity contribution is 6.04. The lowest BCUT2D eigenvalue weighted by molar-refractivity contribution is -0.112. The third-order valence-electron chi connectivity index (χ3n) is 3.24. The van der Waals surface area contributed by atoms with E-state index < -0.39 is 0 Å². The van der Waals surface area contributed by atoms with Crippen molar-refractivity contribution in [2.75, 3.05) is 25.5 Å². The first-order chi connectivity index (χ1) is 8.61. The zero-order chi connectivity index (χ0) is 13.1. The van der Waals surface area contributed by atoms with Crippen molar-refractivity contribution in [1.82, 2.24) is 5.32 Å². The van der Waals surface area contributed by atoms with Gasteiger partial charge in [-0.3, -0.25) is 4.79 Å². The number of carbonyl (C=O) groups is 1. The first kappa shape index (κ1) is 12.6. The molecule has 2 rings (SSSR count). The molecule has 0 saturated carbocycles. The quantitative estimate of drug-likeness (QED) is 0.800. The average Bonchev–Trinajstić information content (AvgIpc) is 2.29. The number of aryl methyl sites for hydroxylation is 1. The molecule has 1 aliphatic heterocycles. The van der Waals surface area contributed by atoms with Gasteiger partial charge in [0.2, 0.25) is 0 Å². The number of carbonyl (C=O) groups excluding carboxylic acids is 1. The van der Waals surface area contributed by atoms with Crippen molar-refractivity contribution in [3.63, 3.8) is 0 Å². The minimum atomic E-state index is -0.0390. The van der Waals surface area contributed by atoms with Crippen LogP contribution in [0.3, 0.4) is 0 Å². The molecule has 0 bridgehead atoms. The number of benzene rings is 1. The Hall–Kier alpha value is -1.81. The summed E-state index contributed by atoms with van der Waals surface area (Å²) in [6.07, 6.45) is 0. The summed E-state index contributed by atoms with van der Waals surface area (Å²) in [4.78, 5) is 12.1.